The average molecular weight is 320 g/mol. The van der Waals surface area contributed by atoms with Gasteiger partial charge in [0.25, 0.3) is 10.9 Å². The van der Waals surface area contributed by atoms with Crippen LogP contribution in [0.15, 0.2) is 29.4 Å². The molecule has 0 spiro atoms. The van der Waals surface area contributed by atoms with E-state index in [1.807, 2.05) is 6.07 Å². The van der Waals surface area contributed by atoms with E-state index in [2.05, 4.69) is 20.1 Å². The van der Waals surface area contributed by atoms with Gasteiger partial charge < -0.3 is 10.5 Å². The second-order valence-corrected chi connectivity index (χ2v) is 6.39. The van der Waals surface area contributed by atoms with Crippen LogP contribution in [0.2, 0.25) is 0 Å². The van der Waals surface area contributed by atoms with E-state index >= 15 is 0 Å². The van der Waals surface area contributed by atoms with Crippen molar-refractivity contribution in [3.05, 3.63) is 24.3 Å². The van der Waals surface area contributed by atoms with Gasteiger partial charge in [-0.05, 0) is 12.1 Å². The Balaban J connectivity index is 2.24. The molecule has 0 fully saturated rings. The van der Waals surface area contributed by atoms with Gasteiger partial charge in [0.15, 0.2) is 5.82 Å². The van der Waals surface area contributed by atoms with Crippen LogP contribution in [0, 0.1) is 0 Å². The summed E-state index contributed by atoms with van der Waals surface area (Å²) in [6.45, 7) is 0. The maximum absolute atomic E-state index is 11.5. The van der Waals surface area contributed by atoms with Gasteiger partial charge in [-0.25, -0.2) is 8.42 Å². The highest BCUT2D eigenvalue weighted by molar-refractivity contribution is 7.90. The molecule has 10 heteroatoms. The number of benzene rings is 1. The summed E-state index contributed by atoms with van der Waals surface area (Å²) in [6, 6.07) is 7.15. The zero-order valence-electron chi connectivity index (χ0n) is 11.8. The topological polar surface area (TPSA) is 125 Å². The molecule has 0 aliphatic rings. The molecular formula is C12H12N6O3S. The van der Waals surface area contributed by atoms with Gasteiger partial charge in [0.2, 0.25) is 15.8 Å². The summed E-state index contributed by atoms with van der Waals surface area (Å²) in [4.78, 5) is 11.8. The van der Waals surface area contributed by atoms with Crippen molar-refractivity contribution in [3.63, 3.8) is 0 Å². The Bertz CT molecular complexity index is 966. The normalized spacial score (nSPS) is 11.7. The number of hydrogen-bond acceptors (Lipinski definition) is 8. The fourth-order valence-corrected chi connectivity index (χ4v) is 2.40. The van der Waals surface area contributed by atoms with Crippen LogP contribution in [0.1, 0.15) is 0 Å². The van der Waals surface area contributed by atoms with Crippen LogP contribution < -0.4 is 10.5 Å². The lowest BCUT2D eigenvalue weighted by Gasteiger charge is -2.03. The first-order chi connectivity index (χ1) is 10.4. The van der Waals surface area contributed by atoms with E-state index in [1.54, 1.807) is 18.2 Å². The lowest BCUT2D eigenvalue weighted by Crippen LogP contribution is -2.11. The van der Waals surface area contributed by atoms with Crippen molar-refractivity contribution in [1.29, 1.82) is 0 Å². The number of nitrogens with zero attached hydrogens (tertiary/aromatic N) is 5. The molecule has 0 bridgehead atoms. The standard InChI is InChI=1S/C12H12N6O3S/c1-21-8-6-4-3-5-7(8)9-14-11-16-12(22(2,19)20)15-10(13)18(11)17-9/h3-6H,1-2H3,(H2,13,14,15,16,17). The highest BCUT2D eigenvalue weighted by Gasteiger charge is 2.18. The molecule has 0 saturated carbocycles. The highest BCUT2D eigenvalue weighted by atomic mass is 32.2. The minimum absolute atomic E-state index is 0.0498. The van der Waals surface area contributed by atoms with Crippen molar-refractivity contribution in [3.8, 4) is 17.1 Å². The van der Waals surface area contributed by atoms with Gasteiger partial charge in [0, 0.05) is 6.26 Å². The summed E-state index contributed by atoms with van der Waals surface area (Å²) in [5, 5.41) is 3.80. The zero-order valence-corrected chi connectivity index (χ0v) is 12.6. The van der Waals surface area contributed by atoms with Crippen LogP contribution in [0.3, 0.4) is 0 Å². The van der Waals surface area contributed by atoms with E-state index in [-0.39, 0.29) is 11.7 Å². The van der Waals surface area contributed by atoms with Gasteiger partial charge in [-0.3, -0.25) is 0 Å². The lowest BCUT2D eigenvalue weighted by atomic mass is 10.2. The van der Waals surface area contributed by atoms with E-state index < -0.39 is 15.0 Å². The predicted molar refractivity (Wildman–Crippen MR) is 78.1 cm³/mol. The minimum atomic E-state index is -3.59. The second kappa shape index (κ2) is 4.91. The summed E-state index contributed by atoms with van der Waals surface area (Å²) in [5.74, 6) is 0.824. The fraction of sp³-hybridized carbons (Fsp3) is 0.167. The molecule has 22 heavy (non-hydrogen) atoms. The molecule has 0 atom stereocenters. The maximum Gasteiger partial charge on any atom is 0.258 e. The van der Waals surface area contributed by atoms with Gasteiger partial charge in [0.1, 0.15) is 5.75 Å². The Hall–Kier alpha value is -2.75. The zero-order chi connectivity index (χ0) is 15.9. The van der Waals surface area contributed by atoms with Crippen LogP contribution in [-0.2, 0) is 9.84 Å². The minimum Gasteiger partial charge on any atom is -0.496 e. The number of aromatic nitrogens is 5. The van der Waals surface area contributed by atoms with E-state index in [0.717, 1.165) is 6.26 Å². The van der Waals surface area contributed by atoms with Gasteiger partial charge in [0.05, 0.1) is 12.7 Å². The number of hydrogen-bond donors (Lipinski definition) is 1. The van der Waals surface area contributed by atoms with E-state index in [0.29, 0.717) is 17.1 Å². The van der Waals surface area contributed by atoms with Gasteiger partial charge in [-0.1, -0.05) is 12.1 Å². The van der Waals surface area contributed by atoms with Crippen LogP contribution in [0.5, 0.6) is 5.75 Å². The van der Waals surface area contributed by atoms with Crippen molar-refractivity contribution in [1.82, 2.24) is 24.6 Å². The molecule has 0 radical (unpaired) electrons. The van der Waals surface area contributed by atoms with Crippen LogP contribution in [0.25, 0.3) is 17.2 Å². The first-order valence-corrected chi connectivity index (χ1v) is 8.03. The molecule has 2 heterocycles. The van der Waals surface area contributed by atoms with Crippen LogP contribution in [0.4, 0.5) is 5.95 Å². The number of anilines is 1. The Morgan fingerprint density at radius 2 is 1.91 bits per heavy atom. The summed E-state index contributed by atoms with van der Waals surface area (Å²) in [5.41, 5.74) is 6.36. The summed E-state index contributed by atoms with van der Waals surface area (Å²) in [7, 11) is -2.06. The monoisotopic (exact) mass is 320 g/mol. The quantitative estimate of drug-likeness (QED) is 0.724. The molecule has 0 unspecified atom stereocenters. The molecule has 1 aromatic carbocycles. The molecule has 2 aromatic heterocycles. The summed E-state index contributed by atoms with van der Waals surface area (Å²) < 4.78 is 29.5. The van der Waals surface area contributed by atoms with Crippen molar-refractivity contribution in [2.75, 3.05) is 19.1 Å². The molecule has 0 amide bonds. The number of para-hydroxylation sites is 1. The number of nitrogen functional groups attached to an aromatic ring is 1. The summed E-state index contributed by atoms with van der Waals surface area (Å²) >= 11 is 0. The molecule has 0 saturated heterocycles. The molecule has 2 N–H and O–H groups in total. The van der Waals surface area contributed by atoms with Crippen molar-refractivity contribution >= 4 is 21.6 Å². The molecular weight excluding hydrogens is 308 g/mol. The van der Waals surface area contributed by atoms with E-state index in [9.17, 15) is 8.42 Å². The van der Waals surface area contributed by atoms with Crippen molar-refractivity contribution in [2.45, 2.75) is 5.16 Å². The van der Waals surface area contributed by atoms with Gasteiger partial charge in [-0.2, -0.15) is 19.5 Å². The summed E-state index contributed by atoms with van der Waals surface area (Å²) in [6.07, 6.45) is 0.996. The first-order valence-electron chi connectivity index (χ1n) is 6.14. The smallest absolute Gasteiger partial charge is 0.258 e. The third-order valence-electron chi connectivity index (χ3n) is 2.89. The third kappa shape index (κ3) is 2.33. The molecule has 9 nitrogen and oxygen atoms in total. The van der Waals surface area contributed by atoms with Crippen molar-refractivity contribution in [2.24, 2.45) is 0 Å². The fourth-order valence-electron chi connectivity index (χ4n) is 1.90. The number of sulfone groups is 1. The van der Waals surface area contributed by atoms with Crippen LogP contribution >= 0.6 is 0 Å². The number of fused-ring (bicyclic) bond motifs is 1. The van der Waals surface area contributed by atoms with Crippen LogP contribution in [-0.4, -0.2) is 46.3 Å². The molecule has 0 aliphatic carbocycles. The Labute approximate surface area is 125 Å². The number of rotatable bonds is 3. The van der Waals surface area contributed by atoms with E-state index in [1.165, 1.54) is 11.6 Å². The molecule has 3 aromatic rings. The SMILES string of the molecule is COc1ccccc1-c1nc2nc(S(C)(=O)=O)nc(N)n2n1. The largest absolute Gasteiger partial charge is 0.496 e. The maximum atomic E-state index is 11.5. The number of nitrogens with two attached hydrogens (primary N) is 1. The Morgan fingerprint density at radius 3 is 2.59 bits per heavy atom. The molecule has 3 rings (SSSR count). The van der Waals surface area contributed by atoms with E-state index in [4.69, 9.17) is 10.5 Å². The first kappa shape index (κ1) is 14.2. The highest BCUT2D eigenvalue weighted by Crippen LogP contribution is 2.27. The Morgan fingerprint density at radius 1 is 1.18 bits per heavy atom. The van der Waals surface area contributed by atoms with Crippen molar-refractivity contribution < 1.29 is 13.2 Å². The average Bonchev–Trinajstić information content (AvgIpc) is 2.90. The third-order valence-corrected chi connectivity index (χ3v) is 3.74. The van der Waals surface area contributed by atoms with Gasteiger partial charge in [-0.15, -0.1) is 5.10 Å². The number of methoxy groups -OCH3 is 1. The second-order valence-electron chi connectivity index (χ2n) is 4.48. The number of ether oxygens (including phenoxy) is 1. The molecule has 0 aliphatic heterocycles. The molecule has 114 valence electrons. The predicted octanol–water partition coefficient (Wildman–Crippen LogP) is 0.181. The Kier molecular flexibility index (Phi) is 3.17. The van der Waals surface area contributed by atoms with Gasteiger partial charge >= 0.3 is 0 Å². The lowest BCUT2D eigenvalue weighted by molar-refractivity contribution is 0.416.